The molecule has 0 radical (unpaired) electrons. The van der Waals surface area contributed by atoms with Gasteiger partial charge < -0.3 is 10.1 Å². The van der Waals surface area contributed by atoms with Crippen LogP contribution in [-0.4, -0.2) is 13.0 Å². The summed E-state index contributed by atoms with van der Waals surface area (Å²) in [4.78, 5) is 12.2. The molecule has 0 atom stereocenters. The summed E-state index contributed by atoms with van der Waals surface area (Å²) < 4.78 is 5.96. The quantitative estimate of drug-likeness (QED) is 0.901. The predicted molar refractivity (Wildman–Crippen MR) is 80.1 cm³/mol. The monoisotopic (exact) mass is 339 g/mol. The second-order valence-corrected chi connectivity index (χ2v) is 5.08. The molecule has 0 aliphatic carbocycles. The van der Waals surface area contributed by atoms with Crippen LogP contribution in [0.3, 0.4) is 0 Å². The molecule has 1 N–H and O–H groups in total. The molecule has 2 aromatic carbocycles. The van der Waals surface area contributed by atoms with Crippen molar-refractivity contribution in [1.82, 2.24) is 0 Å². The largest absolute Gasteiger partial charge is 0.495 e. The van der Waals surface area contributed by atoms with Gasteiger partial charge in [-0.05, 0) is 46.3 Å². The van der Waals surface area contributed by atoms with Gasteiger partial charge in [0.05, 0.1) is 17.1 Å². The summed E-state index contributed by atoms with van der Waals surface area (Å²) in [6.45, 7) is 0. The Labute approximate surface area is 124 Å². The number of hydrogen-bond acceptors (Lipinski definition) is 2. The predicted octanol–water partition coefficient (Wildman–Crippen LogP) is 4.36. The SMILES string of the molecule is COc1c(Br)cccc1C(=O)Nc1cccc(Cl)c1. The number of anilines is 1. The van der Waals surface area contributed by atoms with Crippen molar-refractivity contribution < 1.29 is 9.53 Å². The molecule has 5 heteroatoms. The molecule has 2 aromatic rings. The number of carbonyl (C=O) groups is 1. The van der Waals surface area contributed by atoms with Crippen molar-refractivity contribution in [2.75, 3.05) is 12.4 Å². The average Bonchev–Trinajstić information content (AvgIpc) is 2.38. The van der Waals surface area contributed by atoms with Crippen molar-refractivity contribution >= 4 is 39.1 Å². The molecule has 1 amide bonds. The highest BCUT2D eigenvalue weighted by molar-refractivity contribution is 9.10. The van der Waals surface area contributed by atoms with Crippen LogP contribution >= 0.6 is 27.5 Å². The average molecular weight is 341 g/mol. The molecule has 0 aliphatic rings. The number of methoxy groups -OCH3 is 1. The molecule has 0 spiro atoms. The fraction of sp³-hybridized carbons (Fsp3) is 0.0714. The Morgan fingerprint density at radius 3 is 2.68 bits per heavy atom. The van der Waals surface area contributed by atoms with E-state index >= 15 is 0 Å². The van der Waals surface area contributed by atoms with E-state index in [0.29, 0.717) is 22.0 Å². The number of benzene rings is 2. The zero-order chi connectivity index (χ0) is 13.8. The van der Waals surface area contributed by atoms with E-state index in [0.717, 1.165) is 4.47 Å². The maximum atomic E-state index is 12.2. The van der Waals surface area contributed by atoms with Crippen LogP contribution in [0, 0.1) is 0 Å². The summed E-state index contributed by atoms with van der Waals surface area (Å²) in [5.74, 6) is 0.252. The standard InChI is InChI=1S/C14H11BrClNO2/c1-19-13-11(6-3-7-12(13)15)14(18)17-10-5-2-4-9(16)8-10/h2-8H,1H3,(H,17,18). The summed E-state index contributed by atoms with van der Waals surface area (Å²) in [6, 6.07) is 12.3. The Morgan fingerprint density at radius 2 is 2.00 bits per heavy atom. The fourth-order valence-electron chi connectivity index (χ4n) is 1.66. The Kier molecular flexibility index (Phi) is 4.45. The van der Waals surface area contributed by atoms with Crippen molar-refractivity contribution in [3.8, 4) is 5.75 Å². The van der Waals surface area contributed by atoms with Crippen LogP contribution in [0.2, 0.25) is 5.02 Å². The maximum Gasteiger partial charge on any atom is 0.259 e. The van der Waals surface area contributed by atoms with E-state index in [1.807, 2.05) is 6.07 Å². The number of para-hydroxylation sites is 1. The maximum absolute atomic E-state index is 12.2. The number of carbonyl (C=O) groups excluding carboxylic acids is 1. The van der Waals surface area contributed by atoms with Crippen molar-refractivity contribution in [1.29, 1.82) is 0 Å². The van der Waals surface area contributed by atoms with E-state index in [1.165, 1.54) is 7.11 Å². The first-order chi connectivity index (χ1) is 9.11. The van der Waals surface area contributed by atoms with Crippen LogP contribution in [-0.2, 0) is 0 Å². The molecule has 98 valence electrons. The van der Waals surface area contributed by atoms with Crippen molar-refractivity contribution in [2.24, 2.45) is 0 Å². The highest BCUT2D eigenvalue weighted by atomic mass is 79.9. The van der Waals surface area contributed by atoms with Crippen LogP contribution in [0.15, 0.2) is 46.9 Å². The summed E-state index contributed by atoms with van der Waals surface area (Å²) in [5, 5.41) is 3.35. The summed E-state index contributed by atoms with van der Waals surface area (Å²) in [5.41, 5.74) is 1.09. The van der Waals surface area contributed by atoms with Gasteiger partial charge in [0, 0.05) is 10.7 Å². The second kappa shape index (κ2) is 6.08. The van der Waals surface area contributed by atoms with Crippen molar-refractivity contribution in [3.05, 3.63) is 57.5 Å². The molecule has 3 nitrogen and oxygen atoms in total. The number of amides is 1. The van der Waals surface area contributed by atoms with Gasteiger partial charge in [-0.3, -0.25) is 4.79 Å². The van der Waals surface area contributed by atoms with E-state index in [-0.39, 0.29) is 5.91 Å². The highest BCUT2D eigenvalue weighted by Crippen LogP contribution is 2.29. The molecule has 0 unspecified atom stereocenters. The third-order valence-electron chi connectivity index (χ3n) is 2.50. The smallest absolute Gasteiger partial charge is 0.259 e. The van der Waals surface area contributed by atoms with Crippen LogP contribution in [0.25, 0.3) is 0 Å². The van der Waals surface area contributed by atoms with Crippen LogP contribution in [0.4, 0.5) is 5.69 Å². The molecule has 2 rings (SSSR count). The van der Waals surface area contributed by atoms with Gasteiger partial charge in [0.1, 0.15) is 5.75 Å². The fourth-order valence-corrected chi connectivity index (χ4v) is 2.38. The van der Waals surface area contributed by atoms with E-state index in [9.17, 15) is 4.79 Å². The number of rotatable bonds is 3. The first-order valence-electron chi connectivity index (χ1n) is 5.51. The van der Waals surface area contributed by atoms with Gasteiger partial charge in [-0.15, -0.1) is 0 Å². The minimum absolute atomic E-state index is 0.250. The van der Waals surface area contributed by atoms with Gasteiger partial charge in [0.2, 0.25) is 0 Å². The molecule has 0 aliphatic heterocycles. The Hall–Kier alpha value is -1.52. The van der Waals surface area contributed by atoms with Crippen LogP contribution < -0.4 is 10.1 Å². The minimum atomic E-state index is -0.250. The number of hydrogen-bond donors (Lipinski definition) is 1. The third-order valence-corrected chi connectivity index (χ3v) is 3.36. The van der Waals surface area contributed by atoms with E-state index in [4.69, 9.17) is 16.3 Å². The number of nitrogens with one attached hydrogen (secondary N) is 1. The number of halogens is 2. The van der Waals surface area contributed by atoms with Gasteiger partial charge in [0.15, 0.2) is 0 Å². The van der Waals surface area contributed by atoms with E-state index in [1.54, 1.807) is 36.4 Å². The third kappa shape index (κ3) is 3.28. The van der Waals surface area contributed by atoms with E-state index in [2.05, 4.69) is 21.2 Å². The zero-order valence-corrected chi connectivity index (χ0v) is 12.5. The summed E-state index contributed by atoms with van der Waals surface area (Å²) in [7, 11) is 1.52. The number of ether oxygens (including phenoxy) is 1. The normalized spacial score (nSPS) is 10.1. The molecule has 0 saturated carbocycles. The first-order valence-corrected chi connectivity index (χ1v) is 6.68. The van der Waals surface area contributed by atoms with Gasteiger partial charge in [0.25, 0.3) is 5.91 Å². The molecule has 0 bridgehead atoms. The molecular formula is C14H11BrClNO2. The lowest BCUT2D eigenvalue weighted by Crippen LogP contribution is -2.13. The molecule has 0 fully saturated rings. The Balaban J connectivity index is 2.28. The highest BCUT2D eigenvalue weighted by Gasteiger charge is 2.14. The van der Waals surface area contributed by atoms with Gasteiger partial charge in [-0.2, -0.15) is 0 Å². The molecule has 0 aromatic heterocycles. The van der Waals surface area contributed by atoms with Crippen LogP contribution in [0.1, 0.15) is 10.4 Å². The van der Waals surface area contributed by atoms with Gasteiger partial charge >= 0.3 is 0 Å². The molecule has 0 heterocycles. The molecule has 0 saturated heterocycles. The lowest BCUT2D eigenvalue weighted by molar-refractivity contribution is 0.102. The lowest BCUT2D eigenvalue weighted by Gasteiger charge is -2.10. The zero-order valence-electron chi connectivity index (χ0n) is 10.1. The van der Waals surface area contributed by atoms with Gasteiger partial charge in [-0.1, -0.05) is 23.7 Å². The minimum Gasteiger partial charge on any atom is -0.495 e. The van der Waals surface area contributed by atoms with Crippen molar-refractivity contribution in [3.63, 3.8) is 0 Å². The van der Waals surface area contributed by atoms with Crippen molar-refractivity contribution in [2.45, 2.75) is 0 Å². The second-order valence-electron chi connectivity index (χ2n) is 3.79. The summed E-state index contributed by atoms with van der Waals surface area (Å²) in [6.07, 6.45) is 0. The van der Waals surface area contributed by atoms with Gasteiger partial charge in [-0.25, -0.2) is 0 Å². The molecule has 19 heavy (non-hydrogen) atoms. The Morgan fingerprint density at radius 1 is 1.26 bits per heavy atom. The van der Waals surface area contributed by atoms with Crippen LogP contribution in [0.5, 0.6) is 5.75 Å². The Bertz CT molecular complexity index is 616. The first kappa shape index (κ1) is 13.9. The van der Waals surface area contributed by atoms with E-state index < -0.39 is 0 Å². The molecular weight excluding hydrogens is 330 g/mol. The lowest BCUT2D eigenvalue weighted by atomic mass is 10.2. The topological polar surface area (TPSA) is 38.3 Å². The summed E-state index contributed by atoms with van der Waals surface area (Å²) >= 11 is 9.22.